The summed E-state index contributed by atoms with van der Waals surface area (Å²) in [6.07, 6.45) is 5.59. The van der Waals surface area contributed by atoms with E-state index in [0.29, 0.717) is 5.69 Å². The highest BCUT2D eigenvalue weighted by Gasteiger charge is 2.17. The molecule has 0 unspecified atom stereocenters. The minimum Gasteiger partial charge on any atom is -0.465 e. The minimum atomic E-state index is -0.561. The molecule has 0 aromatic heterocycles. The van der Waals surface area contributed by atoms with Gasteiger partial charge in [-0.25, -0.2) is 9.59 Å². The molecule has 1 heterocycles. The summed E-state index contributed by atoms with van der Waals surface area (Å²) in [6, 6.07) is 4.51. The molecule has 1 aromatic carbocycles. The van der Waals surface area contributed by atoms with Crippen LogP contribution in [0.3, 0.4) is 0 Å². The maximum Gasteiger partial charge on any atom is 0.337 e. The number of benzene rings is 1. The molecule has 0 saturated carbocycles. The molecule has 142 valence electrons. The smallest absolute Gasteiger partial charge is 0.337 e. The Morgan fingerprint density at radius 3 is 1.88 bits per heavy atom. The third-order valence-electron chi connectivity index (χ3n) is 4.43. The van der Waals surface area contributed by atoms with Gasteiger partial charge in [-0.3, -0.25) is 4.79 Å². The molecule has 7 heteroatoms. The molecule has 1 aromatic rings. The van der Waals surface area contributed by atoms with E-state index >= 15 is 0 Å². The van der Waals surface area contributed by atoms with Crippen molar-refractivity contribution in [1.82, 2.24) is 4.90 Å². The Bertz CT molecular complexity index is 617. The number of hydrogen-bond donors (Lipinski definition) is 1. The van der Waals surface area contributed by atoms with Gasteiger partial charge in [0.05, 0.1) is 31.9 Å². The molecule has 1 saturated heterocycles. The van der Waals surface area contributed by atoms with Crippen LogP contribution in [-0.4, -0.2) is 56.6 Å². The van der Waals surface area contributed by atoms with Crippen LogP contribution in [0, 0.1) is 0 Å². The number of nitrogens with one attached hydrogen (secondary N) is 1. The van der Waals surface area contributed by atoms with E-state index in [4.69, 9.17) is 9.47 Å². The van der Waals surface area contributed by atoms with Crippen molar-refractivity contribution in [1.29, 1.82) is 0 Å². The molecule has 0 bridgehead atoms. The first-order valence-corrected chi connectivity index (χ1v) is 8.88. The van der Waals surface area contributed by atoms with Gasteiger partial charge < -0.3 is 19.7 Å². The zero-order valence-corrected chi connectivity index (χ0v) is 15.4. The molecule has 0 atom stereocenters. The topological polar surface area (TPSA) is 84.9 Å². The third kappa shape index (κ3) is 5.47. The molecule has 1 N–H and O–H groups in total. The fourth-order valence-corrected chi connectivity index (χ4v) is 2.99. The maximum absolute atomic E-state index is 12.5. The number of esters is 2. The summed E-state index contributed by atoms with van der Waals surface area (Å²) in [5.41, 5.74) is 0.932. The first-order valence-electron chi connectivity index (χ1n) is 8.88. The first kappa shape index (κ1) is 19.8. The summed E-state index contributed by atoms with van der Waals surface area (Å²) in [5.74, 6) is -1.11. The normalized spacial score (nSPS) is 14.8. The molecule has 1 fully saturated rings. The predicted octanol–water partition coefficient (Wildman–Crippen LogP) is 2.46. The van der Waals surface area contributed by atoms with Crippen LogP contribution in [0.1, 0.15) is 52.8 Å². The number of hydrogen-bond acceptors (Lipinski definition) is 6. The molecule has 7 nitrogen and oxygen atoms in total. The Labute approximate surface area is 153 Å². The number of anilines is 1. The SMILES string of the molecule is COC(=O)c1cc(NCC(=O)N2CCCCCCC2)cc(C(=O)OC)c1. The quantitative estimate of drug-likeness (QED) is 0.810. The molecule has 0 spiro atoms. The second kappa shape index (κ2) is 9.79. The zero-order chi connectivity index (χ0) is 18.9. The Morgan fingerprint density at radius 1 is 0.885 bits per heavy atom. The van der Waals surface area contributed by atoms with Crippen molar-refractivity contribution in [3.63, 3.8) is 0 Å². The molecular formula is C19H26N2O5. The molecular weight excluding hydrogens is 336 g/mol. The van der Waals surface area contributed by atoms with Gasteiger partial charge in [0.25, 0.3) is 0 Å². The number of carbonyl (C=O) groups is 3. The van der Waals surface area contributed by atoms with Gasteiger partial charge in [-0.15, -0.1) is 0 Å². The average Bonchev–Trinajstić information content (AvgIpc) is 2.64. The summed E-state index contributed by atoms with van der Waals surface area (Å²) in [6.45, 7) is 1.65. The summed E-state index contributed by atoms with van der Waals surface area (Å²) in [4.78, 5) is 38.0. The van der Waals surface area contributed by atoms with Crippen molar-refractivity contribution >= 4 is 23.5 Å². The lowest BCUT2D eigenvalue weighted by Crippen LogP contribution is -2.37. The molecule has 2 rings (SSSR count). The standard InChI is InChI=1S/C19H26N2O5/c1-25-18(23)14-10-15(19(24)26-2)12-16(11-14)20-13-17(22)21-8-6-4-3-5-7-9-21/h10-12,20H,3-9,13H2,1-2H3. The van der Waals surface area contributed by atoms with E-state index in [1.165, 1.54) is 26.7 Å². The van der Waals surface area contributed by atoms with E-state index in [1.54, 1.807) is 12.1 Å². The number of amides is 1. The van der Waals surface area contributed by atoms with Gasteiger partial charge in [-0.2, -0.15) is 0 Å². The van der Waals surface area contributed by atoms with E-state index in [2.05, 4.69) is 5.32 Å². The second-order valence-electron chi connectivity index (χ2n) is 6.28. The fraction of sp³-hybridized carbons (Fsp3) is 0.526. The van der Waals surface area contributed by atoms with Crippen molar-refractivity contribution in [2.24, 2.45) is 0 Å². The molecule has 1 aliphatic heterocycles. The summed E-state index contributed by atoms with van der Waals surface area (Å²) in [5, 5.41) is 3.01. The van der Waals surface area contributed by atoms with E-state index in [9.17, 15) is 14.4 Å². The summed E-state index contributed by atoms with van der Waals surface area (Å²) < 4.78 is 9.42. The van der Waals surface area contributed by atoms with Crippen LogP contribution in [-0.2, 0) is 14.3 Å². The number of nitrogens with zero attached hydrogens (tertiary/aromatic N) is 1. The molecule has 0 aliphatic carbocycles. The zero-order valence-electron chi connectivity index (χ0n) is 15.4. The van der Waals surface area contributed by atoms with Crippen molar-refractivity contribution in [3.8, 4) is 0 Å². The maximum atomic E-state index is 12.5. The van der Waals surface area contributed by atoms with Gasteiger partial charge in [0.2, 0.25) is 5.91 Å². The number of ether oxygens (including phenoxy) is 2. The monoisotopic (exact) mass is 362 g/mol. The largest absolute Gasteiger partial charge is 0.465 e. The number of methoxy groups -OCH3 is 2. The Balaban J connectivity index is 2.08. The highest BCUT2D eigenvalue weighted by molar-refractivity contribution is 5.97. The van der Waals surface area contributed by atoms with Gasteiger partial charge in [-0.05, 0) is 31.0 Å². The average molecular weight is 362 g/mol. The molecule has 0 radical (unpaired) electrons. The van der Waals surface area contributed by atoms with Crippen LogP contribution in [0.25, 0.3) is 0 Å². The summed E-state index contributed by atoms with van der Waals surface area (Å²) >= 11 is 0. The van der Waals surface area contributed by atoms with Crippen molar-refractivity contribution in [2.45, 2.75) is 32.1 Å². The third-order valence-corrected chi connectivity index (χ3v) is 4.43. The molecule has 26 heavy (non-hydrogen) atoms. The Hall–Kier alpha value is -2.57. The van der Waals surface area contributed by atoms with Crippen molar-refractivity contribution in [2.75, 3.05) is 39.2 Å². The molecule has 1 amide bonds. The van der Waals surface area contributed by atoms with Gasteiger partial charge in [-0.1, -0.05) is 19.3 Å². The predicted molar refractivity (Wildman–Crippen MR) is 97.3 cm³/mol. The van der Waals surface area contributed by atoms with Crippen molar-refractivity contribution < 1.29 is 23.9 Å². The highest BCUT2D eigenvalue weighted by atomic mass is 16.5. The van der Waals surface area contributed by atoms with Crippen LogP contribution in [0.15, 0.2) is 18.2 Å². The van der Waals surface area contributed by atoms with Crippen LogP contribution in [0.2, 0.25) is 0 Å². The number of likely N-dealkylation sites (tertiary alicyclic amines) is 1. The first-order chi connectivity index (χ1) is 12.5. The fourth-order valence-electron chi connectivity index (χ4n) is 2.99. The van der Waals surface area contributed by atoms with Gasteiger partial charge in [0.1, 0.15) is 0 Å². The minimum absolute atomic E-state index is 0.00925. The lowest BCUT2D eigenvalue weighted by atomic mass is 10.1. The molecule has 1 aliphatic rings. The number of carbonyl (C=O) groups excluding carboxylic acids is 3. The summed E-state index contributed by atoms with van der Waals surface area (Å²) in [7, 11) is 2.54. The van der Waals surface area contributed by atoms with E-state index in [1.807, 2.05) is 4.90 Å². The van der Waals surface area contributed by atoms with Gasteiger partial charge >= 0.3 is 11.9 Å². The Morgan fingerprint density at radius 2 is 1.38 bits per heavy atom. The highest BCUT2D eigenvalue weighted by Crippen LogP contribution is 2.17. The van der Waals surface area contributed by atoms with Gasteiger partial charge in [0.15, 0.2) is 0 Å². The van der Waals surface area contributed by atoms with Gasteiger partial charge in [0, 0.05) is 18.8 Å². The van der Waals surface area contributed by atoms with E-state index in [-0.39, 0.29) is 23.6 Å². The second-order valence-corrected chi connectivity index (χ2v) is 6.28. The lowest BCUT2D eigenvalue weighted by molar-refractivity contribution is -0.129. The van der Waals surface area contributed by atoms with E-state index in [0.717, 1.165) is 38.8 Å². The lowest BCUT2D eigenvalue weighted by Gasteiger charge is -2.25. The van der Waals surface area contributed by atoms with Crippen LogP contribution < -0.4 is 5.32 Å². The van der Waals surface area contributed by atoms with Crippen LogP contribution in [0.4, 0.5) is 5.69 Å². The van der Waals surface area contributed by atoms with Crippen LogP contribution >= 0.6 is 0 Å². The van der Waals surface area contributed by atoms with E-state index < -0.39 is 11.9 Å². The van der Waals surface area contributed by atoms with Crippen molar-refractivity contribution in [3.05, 3.63) is 29.3 Å². The number of rotatable bonds is 5. The van der Waals surface area contributed by atoms with Crippen LogP contribution in [0.5, 0.6) is 0 Å². The Kier molecular flexibility index (Phi) is 7.44.